The SMILES string of the molecule is C[C@H](CCC(=O)N1Cc2cc(F)ccc21)[C@H]1CC[C@H]2[C@@H]3[C@H](O)C[C@@H]4C[C@H](O)CC[C@]4(C)[C@H]3C[C@H](O)[C@]12C. The van der Waals surface area contributed by atoms with Crippen molar-refractivity contribution in [2.24, 2.45) is 46.3 Å². The Balaban J connectivity index is 1.15. The van der Waals surface area contributed by atoms with Crippen LogP contribution in [0.1, 0.15) is 84.1 Å². The van der Waals surface area contributed by atoms with E-state index in [4.69, 9.17) is 0 Å². The van der Waals surface area contributed by atoms with E-state index in [-0.39, 0.29) is 40.7 Å². The van der Waals surface area contributed by atoms with Gasteiger partial charge in [0.2, 0.25) is 5.91 Å². The zero-order chi connectivity index (χ0) is 26.3. The Morgan fingerprint density at radius 1 is 1.11 bits per heavy atom. The molecule has 4 fully saturated rings. The number of benzene rings is 1. The Morgan fingerprint density at radius 3 is 2.65 bits per heavy atom. The van der Waals surface area contributed by atoms with Crippen molar-refractivity contribution in [1.82, 2.24) is 0 Å². The number of fused-ring (bicyclic) bond motifs is 6. The van der Waals surface area contributed by atoms with E-state index in [2.05, 4.69) is 20.8 Å². The van der Waals surface area contributed by atoms with E-state index in [1.165, 1.54) is 12.1 Å². The average molecular weight is 514 g/mol. The van der Waals surface area contributed by atoms with Crippen molar-refractivity contribution in [2.45, 2.75) is 103 Å². The lowest BCUT2D eigenvalue weighted by atomic mass is 9.43. The first kappa shape index (κ1) is 25.8. The first-order valence-electron chi connectivity index (χ1n) is 14.7. The number of hydrogen-bond donors (Lipinski definition) is 3. The van der Waals surface area contributed by atoms with E-state index >= 15 is 0 Å². The van der Waals surface area contributed by atoms with Gasteiger partial charge in [0, 0.05) is 12.1 Å². The highest BCUT2D eigenvalue weighted by Gasteiger charge is 2.65. The number of halogens is 1. The summed E-state index contributed by atoms with van der Waals surface area (Å²) in [6.07, 6.45) is 6.37. The van der Waals surface area contributed by atoms with E-state index in [9.17, 15) is 24.5 Å². The minimum Gasteiger partial charge on any atom is -0.393 e. The Morgan fingerprint density at radius 2 is 1.89 bits per heavy atom. The molecule has 5 nitrogen and oxygen atoms in total. The molecule has 1 heterocycles. The van der Waals surface area contributed by atoms with Crippen molar-refractivity contribution in [3.05, 3.63) is 29.6 Å². The standard InChI is InChI=1S/C31H44FNO4/c1-17(4-9-28(37)33-16-18-12-20(32)5-8-25(18)33)22-6-7-23-29-24(15-27(36)31(22,23)3)30(2)11-10-21(34)13-19(30)14-26(29)35/h5,8,12,17,19,21-24,26-27,29,34-36H,4,6-7,9-11,13-16H2,1-3H3/t17-,19+,21-,22-,23+,24+,26-,27+,29+,30+,31-/m1/s1. The average Bonchev–Trinajstić information content (AvgIpc) is 3.19. The summed E-state index contributed by atoms with van der Waals surface area (Å²) in [5.74, 6) is 1.59. The summed E-state index contributed by atoms with van der Waals surface area (Å²) in [5.41, 5.74) is 1.55. The van der Waals surface area contributed by atoms with Gasteiger partial charge >= 0.3 is 0 Å². The molecule has 4 aliphatic carbocycles. The summed E-state index contributed by atoms with van der Waals surface area (Å²) in [6, 6.07) is 4.62. The van der Waals surface area contributed by atoms with Gasteiger partial charge in [0.25, 0.3) is 0 Å². The second-order valence-electron chi connectivity index (χ2n) is 13.8. The van der Waals surface area contributed by atoms with E-state index < -0.39 is 6.10 Å². The van der Waals surface area contributed by atoms with Crippen molar-refractivity contribution in [1.29, 1.82) is 0 Å². The number of aliphatic hydroxyl groups is 3. The molecular weight excluding hydrogens is 469 g/mol. The van der Waals surface area contributed by atoms with Crippen molar-refractivity contribution in [3.63, 3.8) is 0 Å². The number of rotatable bonds is 4. The van der Waals surface area contributed by atoms with Gasteiger partial charge in [-0.1, -0.05) is 20.8 Å². The van der Waals surface area contributed by atoms with Crippen LogP contribution in [-0.4, -0.2) is 39.5 Å². The summed E-state index contributed by atoms with van der Waals surface area (Å²) >= 11 is 0. The molecule has 4 saturated carbocycles. The first-order valence-corrected chi connectivity index (χ1v) is 14.7. The molecule has 0 unspecified atom stereocenters. The van der Waals surface area contributed by atoms with Crippen molar-refractivity contribution >= 4 is 11.6 Å². The molecule has 11 atom stereocenters. The Labute approximate surface area is 220 Å². The van der Waals surface area contributed by atoms with E-state index in [1.807, 2.05) is 0 Å². The van der Waals surface area contributed by atoms with Crippen LogP contribution in [0.15, 0.2) is 18.2 Å². The Kier molecular flexibility index (Phi) is 6.28. The second kappa shape index (κ2) is 9.02. The topological polar surface area (TPSA) is 81.0 Å². The molecule has 3 N–H and O–H groups in total. The maximum Gasteiger partial charge on any atom is 0.227 e. The molecule has 0 bridgehead atoms. The van der Waals surface area contributed by atoms with Crippen molar-refractivity contribution in [2.75, 3.05) is 4.90 Å². The van der Waals surface area contributed by atoms with Gasteiger partial charge in [-0.15, -0.1) is 0 Å². The molecule has 0 radical (unpaired) electrons. The second-order valence-corrected chi connectivity index (χ2v) is 13.8. The highest BCUT2D eigenvalue weighted by molar-refractivity contribution is 5.97. The molecule has 0 aromatic heterocycles. The van der Waals surface area contributed by atoms with Gasteiger partial charge in [-0.2, -0.15) is 0 Å². The van der Waals surface area contributed by atoms with Gasteiger partial charge < -0.3 is 20.2 Å². The molecule has 1 aromatic carbocycles. The lowest BCUT2D eigenvalue weighted by Gasteiger charge is -2.63. The van der Waals surface area contributed by atoms with Crippen LogP contribution in [0, 0.1) is 52.2 Å². The van der Waals surface area contributed by atoms with Gasteiger partial charge in [-0.3, -0.25) is 4.79 Å². The third-order valence-corrected chi connectivity index (χ3v) is 12.3. The van der Waals surface area contributed by atoms with Crippen LogP contribution >= 0.6 is 0 Å². The minimum atomic E-state index is -0.406. The van der Waals surface area contributed by atoms with Crippen LogP contribution in [0.25, 0.3) is 0 Å². The largest absolute Gasteiger partial charge is 0.393 e. The van der Waals surface area contributed by atoms with E-state index in [0.717, 1.165) is 62.6 Å². The molecule has 5 aliphatic rings. The number of hydrogen-bond acceptors (Lipinski definition) is 4. The fourth-order valence-electron chi connectivity index (χ4n) is 10.1. The lowest BCUT2D eigenvalue weighted by molar-refractivity contribution is -0.207. The molecule has 1 aromatic rings. The normalized spacial score (nSPS) is 45.2. The molecular formula is C31H44FNO4. The van der Waals surface area contributed by atoms with Crippen LogP contribution in [0.5, 0.6) is 0 Å². The molecule has 1 aliphatic heterocycles. The van der Waals surface area contributed by atoms with Gasteiger partial charge in [0.15, 0.2) is 0 Å². The number of carbonyl (C=O) groups is 1. The Hall–Kier alpha value is -1.50. The minimum absolute atomic E-state index is 0.0813. The zero-order valence-corrected chi connectivity index (χ0v) is 22.6. The molecule has 204 valence electrons. The number of aliphatic hydroxyl groups excluding tert-OH is 3. The third kappa shape index (κ3) is 3.83. The summed E-state index contributed by atoms with van der Waals surface area (Å²) in [5, 5.41) is 33.5. The maximum atomic E-state index is 13.4. The molecule has 0 saturated heterocycles. The highest BCUT2D eigenvalue weighted by Crippen LogP contribution is 2.68. The van der Waals surface area contributed by atoms with Crippen LogP contribution in [0.2, 0.25) is 0 Å². The third-order valence-electron chi connectivity index (χ3n) is 12.3. The monoisotopic (exact) mass is 513 g/mol. The number of amides is 1. The van der Waals surface area contributed by atoms with Crippen molar-refractivity contribution in [3.8, 4) is 0 Å². The lowest BCUT2D eigenvalue weighted by Crippen LogP contribution is -2.62. The van der Waals surface area contributed by atoms with Crippen LogP contribution < -0.4 is 4.90 Å². The van der Waals surface area contributed by atoms with Gasteiger partial charge in [0.1, 0.15) is 5.82 Å². The molecule has 6 rings (SSSR count). The predicted molar refractivity (Wildman–Crippen MR) is 140 cm³/mol. The number of nitrogens with zero attached hydrogens (tertiary/aromatic N) is 1. The highest BCUT2D eigenvalue weighted by atomic mass is 19.1. The first-order chi connectivity index (χ1) is 17.5. The summed E-state index contributed by atoms with van der Waals surface area (Å²) < 4.78 is 13.4. The predicted octanol–water partition coefficient (Wildman–Crippen LogP) is 5.05. The van der Waals surface area contributed by atoms with Gasteiger partial charge in [-0.05, 0) is 121 Å². The summed E-state index contributed by atoms with van der Waals surface area (Å²) in [7, 11) is 0. The quantitative estimate of drug-likeness (QED) is 0.526. The van der Waals surface area contributed by atoms with Crippen molar-refractivity contribution < 1.29 is 24.5 Å². The maximum absolute atomic E-state index is 13.4. The molecule has 37 heavy (non-hydrogen) atoms. The number of carbonyl (C=O) groups excluding carboxylic acids is 1. The molecule has 0 spiro atoms. The van der Waals surface area contributed by atoms with E-state index in [0.29, 0.717) is 42.6 Å². The van der Waals surface area contributed by atoms with Crippen LogP contribution in [-0.2, 0) is 11.3 Å². The van der Waals surface area contributed by atoms with Gasteiger partial charge in [0.05, 0.1) is 24.9 Å². The smallest absolute Gasteiger partial charge is 0.227 e. The summed E-state index contributed by atoms with van der Waals surface area (Å²) in [4.78, 5) is 14.7. The molecule has 6 heteroatoms. The summed E-state index contributed by atoms with van der Waals surface area (Å²) in [6.45, 7) is 7.35. The van der Waals surface area contributed by atoms with Crippen LogP contribution in [0.4, 0.5) is 10.1 Å². The van der Waals surface area contributed by atoms with E-state index in [1.54, 1.807) is 11.0 Å². The zero-order valence-electron chi connectivity index (χ0n) is 22.6. The molecule has 1 amide bonds. The van der Waals surface area contributed by atoms with Crippen LogP contribution in [0.3, 0.4) is 0 Å². The number of anilines is 1. The van der Waals surface area contributed by atoms with Gasteiger partial charge in [-0.25, -0.2) is 4.39 Å². The Bertz CT molecular complexity index is 1060. The fraction of sp³-hybridized carbons (Fsp3) is 0.774. The fourth-order valence-corrected chi connectivity index (χ4v) is 10.1.